The molecule has 5 aromatic rings. The van der Waals surface area contributed by atoms with Crippen LogP contribution in [0.3, 0.4) is 0 Å². The molecule has 1 aliphatic heterocycles. The number of aromatic nitrogens is 1. The van der Waals surface area contributed by atoms with E-state index in [0.717, 1.165) is 50.6 Å². The van der Waals surface area contributed by atoms with Crippen molar-refractivity contribution in [2.75, 3.05) is 5.32 Å². The van der Waals surface area contributed by atoms with Gasteiger partial charge in [-0.1, -0.05) is 128 Å². The molecule has 4 nitrogen and oxygen atoms in total. The number of anilines is 2. The Bertz CT molecular complexity index is 1850. The van der Waals surface area contributed by atoms with Crippen LogP contribution in [-0.2, 0) is 0 Å². The molecule has 0 aliphatic carbocycles. The van der Waals surface area contributed by atoms with E-state index in [-0.39, 0.29) is 0 Å². The summed E-state index contributed by atoms with van der Waals surface area (Å²) in [4.78, 5) is 14.6. The van der Waals surface area contributed by atoms with Crippen LogP contribution in [0.15, 0.2) is 94.9 Å². The Kier molecular flexibility index (Phi) is 8.02. The molecule has 0 saturated heterocycles. The summed E-state index contributed by atoms with van der Waals surface area (Å²) in [5.41, 5.74) is 14.2. The molecule has 0 atom stereocenters. The van der Waals surface area contributed by atoms with E-state index in [9.17, 15) is 0 Å². The number of rotatable bonds is 8. The van der Waals surface area contributed by atoms with Crippen molar-refractivity contribution in [3.8, 4) is 0 Å². The fourth-order valence-electron chi connectivity index (χ4n) is 6.38. The van der Waals surface area contributed by atoms with Crippen molar-refractivity contribution in [3.05, 3.63) is 118 Å². The largest absolute Gasteiger partial charge is 0.353 e. The van der Waals surface area contributed by atoms with Gasteiger partial charge in [-0.2, -0.15) is 0 Å². The third-order valence-corrected chi connectivity index (χ3v) is 8.75. The number of H-pyrrole nitrogens is 1. The van der Waals surface area contributed by atoms with E-state index in [0.29, 0.717) is 23.7 Å². The second-order valence-electron chi connectivity index (χ2n) is 13.2. The maximum absolute atomic E-state index is 5.55. The smallest absolute Gasteiger partial charge is 0.116 e. The molecule has 2 N–H and O–H groups in total. The number of hydrogen-bond donors (Lipinski definition) is 2. The zero-order valence-corrected chi connectivity index (χ0v) is 27.3. The standard InChI is InChI=1S/C40H44N4/c1-23(2)27-17-13-18-28(24(3)4)35(27)43-37-31-15-9-11-21-33(31)41-39(37)40-38(32-16-10-12-22-34(32)42-40)44-36-29(25(5)6)19-14-20-30(36)26(7)8/h9-26,41,43H,1-8H3. The third kappa shape index (κ3) is 5.27. The summed E-state index contributed by atoms with van der Waals surface area (Å²) < 4.78 is 0. The quantitative estimate of drug-likeness (QED) is 0.188. The minimum absolute atomic E-state index is 0.345. The van der Waals surface area contributed by atoms with Gasteiger partial charge in [0.1, 0.15) is 11.4 Å². The van der Waals surface area contributed by atoms with E-state index in [4.69, 9.17) is 9.98 Å². The predicted molar refractivity (Wildman–Crippen MR) is 190 cm³/mol. The van der Waals surface area contributed by atoms with Gasteiger partial charge in [-0.3, -0.25) is 0 Å². The van der Waals surface area contributed by atoms with Crippen LogP contribution in [-0.4, -0.2) is 16.4 Å². The summed E-state index contributed by atoms with van der Waals surface area (Å²) in [7, 11) is 0. The van der Waals surface area contributed by atoms with Gasteiger partial charge >= 0.3 is 0 Å². The van der Waals surface area contributed by atoms with Crippen molar-refractivity contribution < 1.29 is 0 Å². The van der Waals surface area contributed by atoms with Crippen molar-refractivity contribution in [2.45, 2.75) is 79.1 Å². The molecule has 1 aromatic heterocycles. The Morgan fingerprint density at radius 2 is 1.14 bits per heavy atom. The fourth-order valence-corrected chi connectivity index (χ4v) is 6.38. The lowest BCUT2D eigenvalue weighted by Crippen LogP contribution is -2.16. The number of nitrogens with one attached hydrogen (secondary N) is 2. The predicted octanol–water partition coefficient (Wildman–Crippen LogP) is 11.7. The van der Waals surface area contributed by atoms with Crippen molar-refractivity contribution in [1.29, 1.82) is 0 Å². The number of benzene rings is 4. The molecule has 0 saturated carbocycles. The van der Waals surface area contributed by atoms with Crippen molar-refractivity contribution in [3.63, 3.8) is 0 Å². The molecule has 0 amide bonds. The molecule has 0 fully saturated rings. The van der Waals surface area contributed by atoms with Gasteiger partial charge in [0.25, 0.3) is 0 Å². The molecule has 0 radical (unpaired) electrons. The molecular weight excluding hydrogens is 536 g/mol. The topological polar surface area (TPSA) is 52.5 Å². The minimum atomic E-state index is 0.345. The zero-order valence-electron chi connectivity index (χ0n) is 27.3. The van der Waals surface area contributed by atoms with Gasteiger partial charge in [0.15, 0.2) is 0 Å². The van der Waals surface area contributed by atoms with Crippen LogP contribution in [0.25, 0.3) is 10.9 Å². The second kappa shape index (κ2) is 11.9. The van der Waals surface area contributed by atoms with Gasteiger partial charge in [0.05, 0.1) is 22.8 Å². The highest BCUT2D eigenvalue weighted by Gasteiger charge is 2.30. The van der Waals surface area contributed by atoms with Crippen molar-refractivity contribution in [2.24, 2.45) is 9.98 Å². The summed E-state index contributed by atoms with van der Waals surface area (Å²) in [6, 6.07) is 30.2. The molecule has 1 aliphatic rings. The third-order valence-electron chi connectivity index (χ3n) is 8.75. The van der Waals surface area contributed by atoms with Gasteiger partial charge in [0.2, 0.25) is 0 Å². The van der Waals surface area contributed by atoms with E-state index in [1.807, 2.05) is 0 Å². The van der Waals surface area contributed by atoms with Gasteiger partial charge in [-0.25, -0.2) is 9.98 Å². The molecule has 4 heteroatoms. The molecule has 0 spiro atoms. The van der Waals surface area contributed by atoms with E-state index in [1.165, 1.54) is 27.9 Å². The number of hydrogen-bond acceptors (Lipinski definition) is 3. The number of aliphatic imine (C=N–C) groups is 2. The second-order valence-corrected chi connectivity index (χ2v) is 13.2. The average Bonchev–Trinajstić information content (AvgIpc) is 3.55. The maximum Gasteiger partial charge on any atom is 0.116 e. The lowest BCUT2D eigenvalue weighted by molar-refractivity contribution is 0.835. The minimum Gasteiger partial charge on any atom is -0.353 e. The summed E-state index contributed by atoms with van der Waals surface area (Å²) in [5, 5.41) is 5.11. The van der Waals surface area contributed by atoms with Crippen LogP contribution in [0.5, 0.6) is 0 Å². The molecule has 224 valence electrons. The van der Waals surface area contributed by atoms with Gasteiger partial charge in [-0.15, -0.1) is 0 Å². The van der Waals surface area contributed by atoms with E-state index >= 15 is 0 Å². The number of para-hydroxylation sites is 4. The highest BCUT2D eigenvalue weighted by Crippen LogP contribution is 2.42. The summed E-state index contributed by atoms with van der Waals surface area (Å²) >= 11 is 0. The molecule has 0 bridgehead atoms. The Balaban J connectivity index is 1.62. The molecule has 2 heterocycles. The van der Waals surface area contributed by atoms with Crippen LogP contribution >= 0.6 is 0 Å². The lowest BCUT2D eigenvalue weighted by Gasteiger charge is -2.21. The monoisotopic (exact) mass is 580 g/mol. The summed E-state index contributed by atoms with van der Waals surface area (Å²) in [6.45, 7) is 18.1. The Morgan fingerprint density at radius 3 is 1.75 bits per heavy atom. The molecule has 6 rings (SSSR count). The highest BCUT2D eigenvalue weighted by atomic mass is 15.0. The molecular formula is C40H44N4. The van der Waals surface area contributed by atoms with Crippen molar-refractivity contribution in [1.82, 2.24) is 4.98 Å². The summed E-state index contributed by atoms with van der Waals surface area (Å²) in [5.74, 6) is 1.43. The van der Waals surface area contributed by atoms with Crippen LogP contribution < -0.4 is 5.32 Å². The molecule has 44 heavy (non-hydrogen) atoms. The number of aromatic amines is 1. The van der Waals surface area contributed by atoms with E-state index in [2.05, 4.69) is 151 Å². The first-order chi connectivity index (χ1) is 21.2. The van der Waals surface area contributed by atoms with Gasteiger partial charge < -0.3 is 10.3 Å². The fraction of sp³-hybridized carbons (Fsp3) is 0.300. The van der Waals surface area contributed by atoms with Crippen LogP contribution in [0.2, 0.25) is 0 Å². The summed E-state index contributed by atoms with van der Waals surface area (Å²) in [6.07, 6.45) is 0. The van der Waals surface area contributed by atoms with Crippen LogP contribution in [0.4, 0.5) is 22.7 Å². The molecule has 0 unspecified atom stereocenters. The van der Waals surface area contributed by atoms with E-state index in [1.54, 1.807) is 0 Å². The Hall–Kier alpha value is -4.44. The SMILES string of the molecule is CC(C)c1cccc(C(C)C)c1N=C1C(c2[nH]c3ccccc3c2Nc2c(C(C)C)cccc2C(C)C)=Nc2ccccc21. The Morgan fingerprint density at radius 1 is 0.591 bits per heavy atom. The zero-order chi connectivity index (χ0) is 31.1. The van der Waals surface area contributed by atoms with Gasteiger partial charge in [0, 0.05) is 22.2 Å². The Labute approximate surface area is 262 Å². The van der Waals surface area contributed by atoms with Crippen LogP contribution in [0.1, 0.15) is 113 Å². The van der Waals surface area contributed by atoms with Gasteiger partial charge in [-0.05, 0) is 58.1 Å². The normalized spacial score (nSPS) is 14.0. The molecule has 4 aromatic carbocycles. The lowest BCUT2D eigenvalue weighted by atomic mass is 9.92. The van der Waals surface area contributed by atoms with Crippen molar-refractivity contribution >= 4 is 45.1 Å². The average molecular weight is 581 g/mol. The first-order valence-electron chi connectivity index (χ1n) is 16.1. The number of fused-ring (bicyclic) bond motifs is 2. The highest BCUT2D eigenvalue weighted by molar-refractivity contribution is 6.58. The maximum atomic E-state index is 5.55. The number of nitrogens with zero attached hydrogens (tertiary/aromatic N) is 2. The van der Waals surface area contributed by atoms with Crippen LogP contribution in [0, 0.1) is 0 Å². The first kappa shape index (κ1) is 29.6. The van der Waals surface area contributed by atoms with E-state index < -0.39 is 0 Å². The first-order valence-corrected chi connectivity index (χ1v) is 16.1.